The van der Waals surface area contributed by atoms with Crippen LogP contribution in [0.25, 0.3) is 0 Å². The van der Waals surface area contributed by atoms with Crippen molar-refractivity contribution >= 4 is 0 Å². The molecule has 1 aromatic carbocycles. The summed E-state index contributed by atoms with van der Waals surface area (Å²) in [4.78, 5) is 0. The molecule has 0 spiro atoms. The number of methoxy groups -OCH3 is 2. The van der Waals surface area contributed by atoms with Gasteiger partial charge in [0.1, 0.15) is 0 Å². The Hall–Kier alpha value is -1.26. The van der Waals surface area contributed by atoms with Crippen molar-refractivity contribution in [3.63, 3.8) is 0 Å². The lowest BCUT2D eigenvalue weighted by molar-refractivity contribution is 0.352. The van der Waals surface area contributed by atoms with Crippen LogP contribution in [-0.4, -0.2) is 33.4 Å². The number of benzene rings is 1. The van der Waals surface area contributed by atoms with Crippen LogP contribution >= 0.6 is 0 Å². The fourth-order valence-corrected chi connectivity index (χ4v) is 2.66. The lowest BCUT2D eigenvalue weighted by Gasteiger charge is -2.26. The van der Waals surface area contributed by atoms with Crippen molar-refractivity contribution in [3.8, 4) is 11.5 Å². The van der Waals surface area contributed by atoms with E-state index in [0.29, 0.717) is 12.1 Å². The Balaban J connectivity index is 1.92. The average Bonchev–Trinajstić information content (AvgIpc) is 2.52. The largest absolute Gasteiger partial charge is 0.493 e. The molecule has 0 radical (unpaired) electrons. The van der Waals surface area contributed by atoms with E-state index < -0.39 is 0 Å². The van der Waals surface area contributed by atoms with Crippen molar-refractivity contribution in [1.82, 2.24) is 10.6 Å². The molecule has 4 nitrogen and oxygen atoms in total. The first-order valence-electron chi connectivity index (χ1n) is 7.43. The Morgan fingerprint density at radius 2 is 2.05 bits per heavy atom. The van der Waals surface area contributed by atoms with Crippen LogP contribution in [0.1, 0.15) is 37.8 Å². The molecule has 1 saturated heterocycles. The zero-order valence-corrected chi connectivity index (χ0v) is 12.7. The molecule has 1 heterocycles. The third-order valence-corrected chi connectivity index (χ3v) is 3.99. The Labute approximate surface area is 121 Å². The van der Waals surface area contributed by atoms with Crippen molar-refractivity contribution in [2.45, 2.75) is 38.3 Å². The minimum Gasteiger partial charge on any atom is -0.493 e. The quantitative estimate of drug-likeness (QED) is 0.839. The highest BCUT2D eigenvalue weighted by Gasteiger charge is 2.15. The van der Waals surface area contributed by atoms with Gasteiger partial charge in [-0.05, 0) is 44.0 Å². The fourth-order valence-electron chi connectivity index (χ4n) is 2.66. The van der Waals surface area contributed by atoms with Gasteiger partial charge in [0.15, 0.2) is 11.5 Å². The summed E-state index contributed by atoms with van der Waals surface area (Å²) in [6.07, 6.45) is 3.91. The molecule has 0 bridgehead atoms. The van der Waals surface area contributed by atoms with Crippen LogP contribution in [0.15, 0.2) is 18.2 Å². The molecular formula is C16H26N2O2. The Morgan fingerprint density at radius 1 is 1.25 bits per heavy atom. The lowest BCUT2D eigenvalue weighted by Crippen LogP contribution is -2.42. The van der Waals surface area contributed by atoms with Gasteiger partial charge in [0.25, 0.3) is 0 Å². The highest BCUT2D eigenvalue weighted by molar-refractivity contribution is 5.43. The number of hydrogen-bond donors (Lipinski definition) is 2. The third-order valence-electron chi connectivity index (χ3n) is 3.99. The normalized spacial score (nSPS) is 20.4. The van der Waals surface area contributed by atoms with Gasteiger partial charge in [-0.2, -0.15) is 0 Å². The first kappa shape index (κ1) is 15.1. The molecule has 20 heavy (non-hydrogen) atoms. The summed E-state index contributed by atoms with van der Waals surface area (Å²) in [6, 6.07) is 7.01. The molecule has 1 aromatic rings. The second-order valence-corrected chi connectivity index (χ2v) is 5.39. The molecule has 2 N–H and O–H groups in total. The fraction of sp³-hybridized carbons (Fsp3) is 0.625. The Bertz CT molecular complexity index is 417. The zero-order chi connectivity index (χ0) is 14.4. The molecule has 0 aliphatic carbocycles. The lowest BCUT2D eigenvalue weighted by atomic mass is 10.0. The number of nitrogens with one attached hydrogen (secondary N) is 2. The van der Waals surface area contributed by atoms with Gasteiger partial charge >= 0.3 is 0 Å². The summed E-state index contributed by atoms with van der Waals surface area (Å²) in [5.74, 6) is 1.56. The van der Waals surface area contributed by atoms with Crippen LogP contribution in [0, 0.1) is 0 Å². The summed E-state index contributed by atoms with van der Waals surface area (Å²) in [5.41, 5.74) is 1.22. The molecule has 0 amide bonds. The molecule has 2 atom stereocenters. The number of piperidine rings is 1. The third kappa shape index (κ3) is 3.87. The van der Waals surface area contributed by atoms with Gasteiger partial charge in [-0.1, -0.05) is 12.5 Å². The van der Waals surface area contributed by atoms with Gasteiger partial charge in [0.2, 0.25) is 0 Å². The van der Waals surface area contributed by atoms with Crippen LogP contribution in [0.3, 0.4) is 0 Å². The van der Waals surface area contributed by atoms with Gasteiger partial charge in [-0.25, -0.2) is 0 Å². The molecule has 1 aliphatic rings. The van der Waals surface area contributed by atoms with Crippen LogP contribution in [0.5, 0.6) is 11.5 Å². The Kier molecular flexibility index (Phi) is 5.68. The van der Waals surface area contributed by atoms with Gasteiger partial charge in [0.05, 0.1) is 14.2 Å². The predicted molar refractivity (Wildman–Crippen MR) is 81.6 cm³/mol. The standard InChI is InChI=1S/C16H26N2O2/c1-12(18-11-14-6-4-5-9-17-14)13-7-8-15(19-2)16(10-13)20-3/h7-8,10,12,14,17-18H,4-6,9,11H2,1-3H3. The van der Waals surface area contributed by atoms with Crippen molar-refractivity contribution in [2.75, 3.05) is 27.3 Å². The van der Waals surface area contributed by atoms with Gasteiger partial charge < -0.3 is 20.1 Å². The average molecular weight is 278 g/mol. The molecule has 112 valence electrons. The van der Waals surface area contributed by atoms with Gasteiger partial charge in [-0.15, -0.1) is 0 Å². The highest BCUT2D eigenvalue weighted by atomic mass is 16.5. The summed E-state index contributed by atoms with van der Waals surface area (Å²) < 4.78 is 10.6. The summed E-state index contributed by atoms with van der Waals surface area (Å²) in [7, 11) is 3.33. The maximum absolute atomic E-state index is 5.36. The van der Waals surface area contributed by atoms with Crippen LogP contribution in [-0.2, 0) is 0 Å². The SMILES string of the molecule is COc1ccc(C(C)NCC2CCCCN2)cc1OC. The minimum absolute atomic E-state index is 0.304. The maximum Gasteiger partial charge on any atom is 0.161 e. The summed E-state index contributed by atoms with van der Waals surface area (Å²) >= 11 is 0. The maximum atomic E-state index is 5.36. The van der Waals surface area contributed by atoms with Crippen molar-refractivity contribution in [2.24, 2.45) is 0 Å². The van der Waals surface area contributed by atoms with Crippen LogP contribution < -0.4 is 20.1 Å². The minimum atomic E-state index is 0.304. The van der Waals surface area contributed by atoms with E-state index >= 15 is 0 Å². The zero-order valence-electron chi connectivity index (χ0n) is 12.7. The van der Waals surface area contributed by atoms with Crippen LogP contribution in [0.4, 0.5) is 0 Å². The highest BCUT2D eigenvalue weighted by Crippen LogP contribution is 2.29. The van der Waals surface area contributed by atoms with E-state index in [9.17, 15) is 0 Å². The predicted octanol–water partition coefficient (Wildman–Crippen LogP) is 2.50. The van der Waals surface area contributed by atoms with E-state index in [4.69, 9.17) is 9.47 Å². The van der Waals surface area contributed by atoms with Gasteiger partial charge in [0, 0.05) is 18.6 Å². The molecule has 1 aliphatic heterocycles. The molecule has 0 saturated carbocycles. The molecule has 0 aromatic heterocycles. The first-order valence-corrected chi connectivity index (χ1v) is 7.43. The van der Waals surface area contributed by atoms with E-state index in [2.05, 4.69) is 23.6 Å². The van der Waals surface area contributed by atoms with Crippen LogP contribution in [0.2, 0.25) is 0 Å². The monoisotopic (exact) mass is 278 g/mol. The van der Waals surface area contributed by atoms with Crippen molar-refractivity contribution in [1.29, 1.82) is 0 Å². The Morgan fingerprint density at radius 3 is 2.70 bits per heavy atom. The van der Waals surface area contributed by atoms with Crippen molar-refractivity contribution < 1.29 is 9.47 Å². The van der Waals surface area contributed by atoms with E-state index in [1.54, 1.807) is 14.2 Å². The van der Waals surface area contributed by atoms with Gasteiger partial charge in [-0.3, -0.25) is 0 Å². The van der Waals surface area contributed by atoms with E-state index in [1.807, 2.05) is 12.1 Å². The topological polar surface area (TPSA) is 42.5 Å². The van der Waals surface area contributed by atoms with Crippen molar-refractivity contribution in [3.05, 3.63) is 23.8 Å². The number of ether oxygens (including phenoxy) is 2. The molecule has 1 fully saturated rings. The van der Waals surface area contributed by atoms with E-state index in [0.717, 1.165) is 24.6 Å². The van der Waals surface area contributed by atoms with E-state index in [1.165, 1.54) is 24.8 Å². The smallest absolute Gasteiger partial charge is 0.161 e. The second kappa shape index (κ2) is 7.50. The number of rotatable bonds is 6. The van der Waals surface area contributed by atoms with E-state index in [-0.39, 0.29) is 0 Å². The molecule has 2 rings (SSSR count). The molecular weight excluding hydrogens is 252 g/mol. The number of hydrogen-bond acceptors (Lipinski definition) is 4. The second-order valence-electron chi connectivity index (χ2n) is 5.39. The molecule has 2 unspecified atom stereocenters. The molecule has 4 heteroatoms. The summed E-state index contributed by atoms with van der Waals surface area (Å²) in [6.45, 7) is 4.34. The summed E-state index contributed by atoms with van der Waals surface area (Å²) in [5, 5.41) is 7.16. The first-order chi connectivity index (χ1) is 9.74.